The van der Waals surface area contributed by atoms with E-state index in [2.05, 4.69) is 34.4 Å². The highest BCUT2D eigenvalue weighted by Crippen LogP contribution is 2.11. The Morgan fingerprint density at radius 3 is 2.20 bits per heavy atom. The van der Waals surface area contributed by atoms with Gasteiger partial charge in [-0.05, 0) is 36.5 Å². The number of nitrogens with two attached hydrogens (primary N) is 1. The molecular formula is C17H25N5O2S. The fourth-order valence-corrected chi connectivity index (χ4v) is 2.74. The molecule has 0 saturated heterocycles. The molecule has 7 nitrogen and oxygen atoms in total. The lowest BCUT2D eigenvalue weighted by atomic mass is 10.1. The molecule has 0 radical (unpaired) electrons. The molecule has 8 heteroatoms. The van der Waals surface area contributed by atoms with Crippen molar-refractivity contribution in [2.45, 2.75) is 31.6 Å². The Morgan fingerprint density at radius 1 is 1.04 bits per heavy atom. The molecule has 0 atom stereocenters. The molecule has 0 amide bonds. The SMILES string of the molecule is CC(C)CCNc1cc(NCCc2ccc(S(N)(=O)=O)cc2)ncn1. The maximum absolute atomic E-state index is 11.2. The van der Waals surface area contributed by atoms with E-state index >= 15 is 0 Å². The highest BCUT2D eigenvalue weighted by molar-refractivity contribution is 7.89. The lowest BCUT2D eigenvalue weighted by molar-refractivity contribution is 0.597. The van der Waals surface area contributed by atoms with Gasteiger partial charge in [-0.3, -0.25) is 0 Å². The molecule has 1 aromatic carbocycles. The van der Waals surface area contributed by atoms with Gasteiger partial charge in [0, 0.05) is 19.2 Å². The molecular weight excluding hydrogens is 338 g/mol. The van der Waals surface area contributed by atoms with Gasteiger partial charge in [0.2, 0.25) is 10.0 Å². The summed E-state index contributed by atoms with van der Waals surface area (Å²) in [5, 5.41) is 11.6. The molecule has 0 unspecified atom stereocenters. The first kappa shape index (κ1) is 19.1. The van der Waals surface area contributed by atoms with Crippen molar-refractivity contribution < 1.29 is 8.42 Å². The molecule has 1 aromatic heterocycles. The standard InChI is InChI=1S/C17H25N5O2S/c1-13(2)7-9-19-16-11-17(22-12-21-16)20-10-8-14-3-5-15(6-4-14)25(18,23)24/h3-6,11-13H,7-10H2,1-2H3,(H2,18,23,24)(H2,19,20,21,22). The van der Waals surface area contributed by atoms with E-state index in [1.807, 2.05) is 6.07 Å². The molecule has 2 aromatic rings. The summed E-state index contributed by atoms with van der Waals surface area (Å²) in [4.78, 5) is 8.53. The van der Waals surface area contributed by atoms with Gasteiger partial charge in [-0.1, -0.05) is 26.0 Å². The number of rotatable bonds is 9. The van der Waals surface area contributed by atoms with E-state index in [0.717, 1.165) is 36.6 Å². The number of hydrogen-bond acceptors (Lipinski definition) is 6. The minimum atomic E-state index is -3.64. The van der Waals surface area contributed by atoms with Crippen LogP contribution in [0.2, 0.25) is 0 Å². The monoisotopic (exact) mass is 363 g/mol. The second kappa shape index (κ2) is 8.77. The summed E-state index contributed by atoms with van der Waals surface area (Å²) in [6, 6.07) is 8.45. The maximum Gasteiger partial charge on any atom is 0.238 e. The van der Waals surface area contributed by atoms with Crippen molar-refractivity contribution >= 4 is 21.7 Å². The Balaban J connectivity index is 1.83. The first-order valence-corrected chi connectivity index (χ1v) is 9.81. The second-order valence-corrected chi connectivity index (χ2v) is 7.82. The third kappa shape index (κ3) is 6.67. The van der Waals surface area contributed by atoms with Crippen LogP contribution in [0.4, 0.5) is 11.6 Å². The number of anilines is 2. The quantitative estimate of drug-likeness (QED) is 0.630. The minimum Gasteiger partial charge on any atom is -0.370 e. The molecule has 0 spiro atoms. The van der Waals surface area contributed by atoms with Gasteiger partial charge in [0.15, 0.2) is 0 Å². The molecule has 1 heterocycles. The summed E-state index contributed by atoms with van der Waals surface area (Å²) in [5.74, 6) is 2.20. The van der Waals surface area contributed by atoms with Gasteiger partial charge in [-0.25, -0.2) is 23.5 Å². The van der Waals surface area contributed by atoms with E-state index in [1.54, 1.807) is 12.1 Å². The zero-order valence-electron chi connectivity index (χ0n) is 14.6. The number of sulfonamides is 1. The Labute approximate surface area is 149 Å². The molecule has 0 aliphatic carbocycles. The fourth-order valence-electron chi connectivity index (χ4n) is 2.22. The summed E-state index contributed by atoms with van der Waals surface area (Å²) in [5.41, 5.74) is 1.02. The van der Waals surface area contributed by atoms with E-state index in [-0.39, 0.29) is 4.90 Å². The largest absolute Gasteiger partial charge is 0.370 e. The Hall–Kier alpha value is -2.19. The lowest BCUT2D eigenvalue weighted by Gasteiger charge is -2.10. The fraction of sp³-hybridized carbons (Fsp3) is 0.412. The Morgan fingerprint density at radius 2 is 1.64 bits per heavy atom. The van der Waals surface area contributed by atoms with E-state index in [4.69, 9.17) is 5.14 Å². The molecule has 0 fully saturated rings. The molecule has 0 aliphatic heterocycles. The summed E-state index contributed by atoms with van der Waals surface area (Å²) in [7, 11) is -3.64. The average Bonchev–Trinajstić information content (AvgIpc) is 2.55. The van der Waals surface area contributed by atoms with Crippen LogP contribution < -0.4 is 15.8 Å². The summed E-state index contributed by atoms with van der Waals surface area (Å²) in [6.07, 6.45) is 3.35. The van der Waals surface area contributed by atoms with Gasteiger partial charge < -0.3 is 10.6 Å². The van der Waals surface area contributed by atoms with Gasteiger partial charge in [0.25, 0.3) is 0 Å². The van der Waals surface area contributed by atoms with Gasteiger partial charge in [0.1, 0.15) is 18.0 Å². The highest BCUT2D eigenvalue weighted by Gasteiger charge is 2.06. The number of hydrogen-bond donors (Lipinski definition) is 3. The number of primary sulfonamides is 1. The molecule has 2 rings (SSSR count). The Bertz CT molecular complexity index is 776. The van der Waals surface area contributed by atoms with Gasteiger partial charge in [-0.2, -0.15) is 0 Å². The van der Waals surface area contributed by atoms with Gasteiger partial charge in [-0.15, -0.1) is 0 Å². The number of nitrogens with one attached hydrogen (secondary N) is 2. The number of nitrogens with zero attached hydrogens (tertiary/aromatic N) is 2. The van der Waals surface area contributed by atoms with E-state index < -0.39 is 10.0 Å². The van der Waals surface area contributed by atoms with Crippen LogP contribution in [0.1, 0.15) is 25.8 Å². The van der Waals surface area contributed by atoms with Gasteiger partial charge >= 0.3 is 0 Å². The predicted octanol–water partition coefficient (Wildman–Crippen LogP) is 2.24. The molecule has 4 N–H and O–H groups in total. The normalized spacial score (nSPS) is 11.5. The Kier molecular flexibility index (Phi) is 6.72. The van der Waals surface area contributed by atoms with Crippen LogP contribution in [-0.4, -0.2) is 31.5 Å². The van der Waals surface area contributed by atoms with E-state index in [9.17, 15) is 8.42 Å². The van der Waals surface area contributed by atoms with Crippen LogP contribution in [-0.2, 0) is 16.4 Å². The van der Waals surface area contributed by atoms with Crippen molar-refractivity contribution in [1.82, 2.24) is 9.97 Å². The van der Waals surface area contributed by atoms with Crippen molar-refractivity contribution in [2.24, 2.45) is 11.1 Å². The van der Waals surface area contributed by atoms with E-state index in [1.165, 1.54) is 18.5 Å². The first-order valence-electron chi connectivity index (χ1n) is 8.26. The second-order valence-electron chi connectivity index (χ2n) is 6.26. The van der Waals surface area contributed by atoms with Crippen molar-refractivity contribution in [3.05, 3.63) is 42.2 Å². The van der Waals surface area contributed by atoms with Crippen LogP contribution in [0, 0.1) is 5.92 Å². The smallest absolute Gasteiger partial charge is 0.238 e. The molecule has 25 heavy (non-hydrogen) atoms. The predicted molar refractivity (Wildman–Crippen MR) is 100.0 cm³/mol. The van der Waals surface area contributed by atoms with Crippen molar-refractivity contribution in [2.75, 3.05) is 23.7 Å². The summed E-state index contributed by atoms with van der Waals surface area (Å²) >= 11 is 0. The van der Waals surface area contributed by atoms with Crippen LogP contribution in [0.5, 0.6) is 0 Å². The first-order chi connectivity index (χ1) is 11.8. The average molecular weight is 363 g/mol. The summed E-state index contributed by atoms with van der Waals surface area (Å²) in [6.45, 7) is 5.93. The van der Waals surface area contributed by atoms with Crippen molar-refractivity contribution in [1.29, 1.82) is 0 Å². The third-order valence-electron chi connectivity index (χ3n) is 3.67. The van der Waals surface area contributed by atoms with Gasteiger partial charge in [0.05, 0.1) is 4.90 Å². The molecule has 0 bridgehead atoms. The van der Waals surface area contributed by atoms with Crippen LogP contribution in [0.25, 0.3) is 0 Å². The zero-order chi connectivity index (χ0) is 18.3. The van der Waals surface area contributed by atoms with Crippen molar-refractivity contribution in [3.63, 3.8) is 0 Å². The molecule has 0 aliphatic rings. The molecule has 136 valence electrons. The lowest BCUT2D eigenvalue weighted by Crippen LogP contribution is -2.12. The number of aromatic nitrogens is 2. The highest BCUT2D eigenvalue weighted by atomic mass is 32.2. The van der Waals surface area contributed by atoms with Crippen molar-refractivity contribution in [3.8, 4) is 0 Å². The maximum atomic E-state index is 11.2. The summed E-state index contributed by atoms with van der Waals surface area (Å²) < 4.78 is 22.5. The zero-order valence-corrected chi connectivity index (χ0v) is 15.4. The topological polar surface area (TPSA) is 110 Å². The third-order valence-corrected chi connectivity index (χ3v) is 4.60. The van der Waals surface area contributed by atoms with Crippen LogP contribution in [0.15, 0.2) is 41.6 Å². The number of benzene rings is 1. The van der Waals surface area contributed by atoms with E-state index in [0.29, 0.717) is 12.5 Å². The minimum absolute atomic E-state index is 0.122. The molecule has 0 saturated carbocycles. The van der Waals surface area contributed by atoms with Crippen LogP contribution >= 0.6 is 0 Å². The van der Waals surface area contributed by atoms with Crippen LogP contribution in [0.3, 0.4) is 0 Å².